The number of aryl methyl sites for hydroxylation is 2. The molecule has 0 aliphatic heterocycles. The zero-order valence-electron chi connectivity index (χ0n) is 14.6. The molecular formula is C21H20N2O2. The summed E-state index contributed by atoms with van der Waals surface area (Å²) < 4.78 is 5.14. The highest BCUT2D eigenvalue weighted by molar-refractivity contribution is 5.96. The van der Waals surface area contributed by atoms with E-state index in [0.29, 0.717) is 11.3 Å². The van der Waals surface area contributed by atoms with Gasteiger partial charge in [-0.3, -0.25) is 4.79 Å². The molecule has 126 valence electrons. The van der Waals surface area contributed by atoms with Gasteiger partial charge in [0.05, 0.1) is 19.2 Å². The first-order chi connectivity index (χ1) is 12.0. The molecule has 4 heteroatoms. The number of rotatable bonds is 6. The summed E-state index contributed by atoms with van der Waals surface area (Å²) in [6.07, 6.45) is 0.112. The molecule has 0 fully saturated rings. The molecule has 1 atom stereocenters. The Bertz CT molecular complexity index is 828. The molecule has 0 radical (unpaired) electrons. The highest BCUT2D eigenvalue weighted by Crippen LogP contribution is 2.30. The molecule has 0 aromatic heterocycles. The van der Waals surface area contributed by atoms with E-state index < -0.39 is 11.8 Å². The topological polar surface area (TPSA) is 73.9 Å². The molecule has 0 amide bonds. The lowest BCUT2D eigenvalue weighted by Gasteiger charge is -2.18. The second-order valence-corrected chi connectivity index (χ2v) is 6.04. The number of ether oxygens (including phenoxy) is 1. The largest absolute Gasteiger partial charge is 0.497 e. The van der Waals surface area contributed by atoms with Crippen molar-refractivity contribution in [3.63, 3.8) is 0 Å². The van der Waals surface area contributed by atoms with Crippen LogP contribution in [0.2, 0.25) is 0 Å². The SMILES string of the molecule is COc1ccc([C@H](CC(=O)c2ccc(C)c(C)c2)C(C#N)C#N)cc1. The van der Waals surface area contributed by atoms with Crippen molar-refractivity contribution in [3.05, 3.63) is 64.7 Å². The van der Waals surface area contributed by atoms with E-state index in [1.807, 2.05) is 38.1 Å². The van der Waals surface area contributed by atoms with Gasteiger partial charge in [-0.1, -0.05) is 24.3 Å². The molecule has 2 rings (SSSR count). The smallest absolute Gasteiger partial charge is 0.163 e. The number of benzene rings is 2. The fraction of sp³-hybridized carbons (Fsp3) is 0.286. The Kier molecular flexibility index (Phi) is 5.93. The summed E-state index contributed by atoms with van der Waals surface area (Å²) in [4.78, 5) is 12.7. The van der Waals surface area contributed by atoms with Crippen molar-refractivity contribution in [2.45, 2.75) is 26.2 Å². The molecule has 25 heavy (non-hydrogen) atoms. The Morgan fingerprint density at radius 1 is 1.04 bits per heavy atom. The Balaban J connectivity index is 2.32. The fourth-order valence-electron chi connectivity index (χ4n) is 2.72. The molecule has 0 aliphatic rings. The predicted octanol–water partition coefficient (Wildman–Crippen LogP) is 4.33. The summed E-state index contributed by atoms with van der Waals surface area (Å²) in [5.41, 5.74) is 3.56. The Morgan fingerprint density at radius 3 is 2.20 bits per heavy atom. The minimum atomic E-state index is -0.885. The van der Waals surface area contributed by atoms with Crippen LogP contribution in [-0.2, 0) is 0 Å². The van der Waals surface area contributed by atoms with E-state index in [1.54, 1.807) is 37.4 Å². The van der Waals surface area contributed by atoms with Gasteiger partial charge in [0.25, 0.3) is 0 Å². The molecule has 2 aromatic rings. The molecule has 2 aromatic carbocycles. The molecule has 0 aliphatic carbocycles. The molecule has 0 saturated heterocycles. The third kappa shape index (κ3) is 4.25. The summed E-state index contributed by atoms with van der Waals surface area (Å²) in [6.45, 7) is 3.95. The lowest BCUT2D eigenvalue weighted by atomic mass is 9.82. The van der Waals surface area contributed by atoms with Crippen LogP contribution in [0.5, 0.6) is 5.75 Å². The highest BCUT2D eigenvalue weighted by Gasteiger charge is 2.26. The van der Waals surface area contributed by atoms with E-state index in [4.69, 9.17) is 4.74 Å². The van der Waals surface area contributed by atoms with Crippen LogP contribution < -0.4 is 4.74 Å². The third-order valence-corrected chi connectivity index (χ3v) is 4.46. The van der Waals surface area contributed by atoms with Gasteiger partial charge in [0.1, 0.15) is 11.7 Å². The molecule has 0 unspecified atom stereocenters. The zero-order chi connectivity index (χ0) is 18.4. The Labute approximate surface area is 148 Å². The summed E-state index contributed by atoms with van der Waals surface area (Å²) in [7, 11) is 1.57. The standard InChI is InChI=1S/C21H20N2O2/c1-14-4-5-17(10-15(14)2)21(24)11-20(18(12-22)13-23)16-6-8-19(25-3)9-7-16/h4-10,18,20H,11H2,1-3H3/t20-/m0/s1. The molecular weight excluding hydrogens is 312 g/mol. The Hall–Kier alpha value is -3.11. The van der Waals surface area contributed by atoms with Crippen molar-refractivity contribution in [1.29, 1.82) is 10.5 Å². The van der Waals surface area contributed by atoms with E-state index in [-0.39, 0.29) is 12.2 Å². The molecule has 0 spiro atoms. The second-order valence-electron chi connectivity index (χ2n) is 6.04. The van der Waals surface area contributed by atoms with Gasteiger partial charge in [-0.15, -0.1) is 0 Å². The first-order valence-corrected chi connectivity index (χ1v) is 8.03. The predicted molar refractivity (Wildman–Crippen MR) is 95.3 cm³/mol. The number of nitrogens with zero attached hydrogens (tertiary/aromatic N) is 2. The van der Waals surface area contributed by atoms with E-state index in [9.17, 15) is 15.3 Å². The van der Waals surface area contributed by atoms with E-state index in [0.717, 1.165) is 16.7 Å². The van der Waals surface area contributed by atoms with Crippen molar-refractivity contribution in [2.24, 2.45) is 5.92 Å². The van der Waals surface area contributed by atoms with Gasteiger partial charge in [0.15, 0.2) is 5.78 Å². The van der Waals surface area contributed by atoms with E-state index in [1.165, 1.54) is 0 Å². The van der Waals surface area contributed by atoms with Crippen LogP contribution in [0, 0.1) is 42.4 Å². The summed E-state index contributed by atoms with van der Waals surface area (Å²) in [6, 6.07) is 16.7. The van der Waals surface area contributed by atoms with Crippen LogP contribution >= 0.6 is 0 Å². The number of ketones is 1. The summed E-state index contributed by atoms with van der Waals surface area (Å²) in [5.74, 6) is -0.744. The number of hydrogen-bond acceptors (Lipinski definition) is 4. The van der Waals surface area contributed by atoms with Crippen molar-refractivity contribution in [3.8, 4) is 17.9 Å². The van der Waals surface area contributed by atoms with Gasteiger partial charge in [0.2, 0.25) is 0 Å². The summed E-state index contributed by atoms with van der Waals surface area (Å²) in [5, 5.41) is 18.6. The fourth-order valence-corrected chi connectivity index (χ4v) is 2.72. The van der Waals surface area contributed by atoms with Gasteiger partial charge in [-0.05, 0) is 48.7 Å². The van der Waals surface area contributed by atoms with Crippen LogP contribution in [0.15, 0.2) is 42.5 Å². The lowest BCUT2D eigenvalue weighted by molar-refractivity contribution is 0.0970. The third-order valence-electron chi connectivity index (χ3n) is 4.46. The van der Waals surface area contributed by atoms with Crippen LogP contribution in [0.3, 0.4) is 0 Å². The van der Waals surface area contributed by atoms with Gasteiger partial charge in [-0.25, -0.2) is 0 Å². The maximum Gasteiger partial charge on any atom is 0.163 e. The first-order valence-electron chi connectivity index (χ1n) is 8.03. The molecule has 0 N–H and O–H groups in total. The van der Waals surface area contributed by atoms with E-state index >= 15 is 0 Å². The van der Waals surface area contributed by atoms with E-state index in [2.05, 4.69) is 0 Å². The van der Waals surface area contributed by atoms with Crippen LogP contribution in [0.4, 0.5) is 0 Å². The number of methoxy groups -OCH3 is 1. The molecule has 0 saturated carbocycles. The Morgan fingerprint density at radius 2 is 1.68 bits per heavy atom. The quantitative estimate of drug-likeness (QED) is 0.738. The summed E-state index contributed by atoms with van der Waals surface area (Å²) >= 11 is 0. The average molecular weight is 332 g/mol. The van der Waals surface area contributed by atoms with Gasteiger partial charge >= 0.3 is 0 Å². The zero-order valence-corrected chi connectivity index (χ0v) is 14.6. The van der Waals surface area contributed by atoms with Gasteiger partial charge in [0, 0.05) is 17.9 Å². The number of carbonyl (C=O) groups is 1. The second kappa shape index (κ2) is 8.13. The minimum Gasteiger partial charge on any atom is -0.497 e. The van der Waals surface area contributed by atoms with Crippen molar-refractivity contribution >= 4 is 5.78 Å². The van der Waals surface area contributed by atoms with Crippen molar-refractivity contribution < 1.29 is 9.53 Å². The monoisotopic (exact) mass is 332 g/mol. The average Bonchev–Trinajstić information content (AvgIpc) is 2.64. The normalized spacial score (nSPS) is 11.4. The number of nitriles is 2. The molecule has 4 nitrogen and oxygen atoms in total. The number of hydrogen-bond donors (Lipinski definition) is 0. The van der Waals surface area contributed by atoms with Crippen LogP contribution in [0.1, 0.15) is 39.4 Å². The van der Waals surface area contributed by atoms with Gasteiger partial charge < -0.3 is 4.74 Å². The van der Waals surface area contributed by atoms with Gasteiger partial charge in [-0.2, -0.15) is 10.5 Å². The highest BCUT2D eigenvalue weighted by atomic mass is 16.5. The van der Waals surface area contributed by atoms with Crippen LogP contribution in [0.25, 0.3) is 0 Å². The van der Waals surface area contributed by atoms with Crippen molar-refractivity contribution in [2.75, 3.05) is 7.11 Å². The molecule has 0 heterocycles. The molecule has 0 bridgehead atoms. The maximum absolute atomic E-state index is 12.7. The number of Topliss-reactive ketones (excluding diaryl/α,β-unsaturated/α-hetero) is 1. The lowest BCUT2D eigenvalue weighted by Crippen LogP contribution is -2.15. The maximum atomic E-state index is 12.7. The number of carbonyl (C=O) groups excluding carboxylic acids is 1. The van der Waals surface area contributed by atoms with Crippen LogP contribution in [-0.4, -0.2) is 12.9 Å². The first kappa shape index (κ1) is 18.2. The van der Waals surface area contributed by atoms with Crippen molar-refractivity contribution in [1.82, 2.24) is 0 Å². The minimum absolute atomic E-state index is 0.0700.